The van der Waals surface area contributed by atoms with Crippen LogP contribution in [0.1, 0.15) is 13.8 Å². The summed E-state index contributed by atoms with van der Waals surface area (Å²) in [5, 5.41) is 9.18. The minimum absolute atomic E-state index is 0.286. The summed E-state index contributed by atoms with van der Waals surface area (Å²) in [4.78, 5) is 11.5. The maximum Gasteiger partial charge on any atom is 0.137 e. The fraction of sp³-hybridized carbons (Fsp3) is 0.421. The molecule has 0 radical (unpaired) electrons. The maximum absolute atomic E-state index is 5.46. The number of nitrogens with zero attached hydrogens (tertiary/aromatic N) is 5. The Labute approximate surface area is 153 Å². The van der Waals surface area contributed by atoms with Gasteiger partial charge in [-0.1, -0.05) is 0 Å². The van der Waals surface area contributed by atoms with E-state index in [0.29, 0.717) is 0 Å². The van der Waals surface area contributed by atoms with Crippen molar-refractivity contribution in [2.24, 2.45) is 7.05 Å². The van der Waals surface area contributed by atoms with Crippen LogP contribution in [0.5, 0.6) is 0 Å². The number of aromatic nitrogens is 4. The van der Waals surface area contributed by atoms with Crippen LogP contribution in [-0.4, -0.2) is 52.1 Å². The van der Waals surface area contributed by atoms with E-state index in [1.807, 2.05) is 36.3 Å². The topological polar surface area (TPSA) is 68.1 Å². The number of ether oxygens (including phenoxy) is 1. The van der Waals surface area contributed by atoms with E-state index in [1.54, 1.807) is 0 Å². The van der Waals surface area contributed by atoms with Crippen molar-refractivity contribution in [2.45, 2.75) is 19.9 Å². The second-order valence-electron chi connectivity index (χ2n) is 6.82. The van der Waals surface area contributed by atoms with Crippen molar-refractivity contribution in [3.63, 3.8) is 0 Å². The van der Waals surface area contributed by atoms with Crippen molar-refractivity contribution in [3.05, 3.63) is 30.6 Å². The normalized spacial score (nSPS) is 15.0. The summed E-state index contributed by atoms with van der Waals surface area (Å²) in [6.07, 6.45) is 3.67. The molecule has 0 atom stereocenters. The first-order valence-corrected chi connectivity index (χ1v) is 9.01. The number of hydrogen-bond acceptors (Lipinski definition) is 6. The highest BCUT2D eigenvalue weighted by Gasteiger charge is 2.19. The lowest BCUT2D eigenvalue weighted by Gasteiger charge is -2.28. The molecule has 1 aliphatic heterocycles. The molecule has 3 aromatic rings. The van der Waals surface area contributed by atoms with Crippen molar-refractivity contribution in [1.29, 1.82) is 0 Å². The van der Waals surface area contributed by atoms with E-state index < -0.39 is 0 Å². The standard InChI is InChI=1S/C19H24N6O/c1-13(2)22-19-17-16(5-7-21-19)24(3)23-18(17)15-12-14(4-6-20-15)25-8-10-26-11-9-25/h4-7,12-13H,8-11H2,1-3H3,(H,21,22). The van der Waals surface area contributed by atoms with Crippen LogP contribution in [0.2, 0.25) is 0 Å². The average Bonchev–Trinajstić information content (AvgIpc) is 3.00. The predicted octanol–water partition coefficient (Wildman–Crippen LogP) is 2.69. The molecule has 0 amide bonds. The average molecular weight is 352 g/mol. The monoisotopic (exact) mass is 352 g/mol. The molecule has 7 nitrogen and oxygen atoms in total. The predicted molar refractivity (Wildman–Crippen MR) is 104 cm³/mol. The highest BCUT2D eigenvalue weighted by molar-refractivity contribution is 6.00. The zero-order valence-electron chi connectivity index (χ0n) is 15.4. The number of aryl methyl sites for hydroxylation is 1. The smallest absolute Gasteiger partial charge is 0.137 e. The fourth-order valence-electron chi connectivity index (χ4n) is 3.34. The van der Waals surface area contributed by atoms with Gasteiger partial charge < -0.3 is 15.0 Å². The van der Waals surface area contributed by atoms with Crippen molar-refractivity contribution in [1.82, 2.24) is 19.7 Å². The molecule has 1 N–H and O–H groups in total. The third kappa shape index (κ3) is 3.10. The summed E-state index contributed by atoms with van der Waals surface area (Å²) in [5.74, 6) is 0.846. The molecule has 0 bridgehead atoms. The largest absolute Gasteiger partial charge is 0.378 e. The maximum atomic E-state index is 5.46. The Bertz CT molecular complexity index is 914. The Kier molecular flexibility index (Phi) is 4.46. The highest BCUT2D eigenvalue weighted by Crippen LogP contribution is 2.32. The van der Waals surface area contributed by atoms with Gasteiger partial charge in [-0.15, -0.1) is 0 Å². The molecule has 7 heteroatoms. The van der Waals surface area contributed by atoms with E-state index in [4.69, 9.17) is 9.84 Å². The summed E-state index contributed by atoms with van der Waals surface area (Å²) in [5.41, 5.74) is 3.91. The Hall–Kier alpha value is -2.67. The van der Waals surface area contributed by atoms with Gasteiger partial charge in [-0.2, -0.15) is 5.10 Å². The molecule has 0 unspecified atom stereocenters. The highest BCUT2D eigenvalue weighted by atomic mass is 16.5. The quantitative estimate of drug-likeness (QED) is 0.779. The van der Waals surface area contributed by atoms with E-state index in [0.717, 1.165) is 60.1 Å². The SMILES string of the molecule is CC(C)Nc1nccc2c1c(-c1cc(N3CCOCC3)ccn1)nn2C. The number of rotatable bonds is 4. The first kappa shape index (κ1) is 16.8. The van der Waals surface area contributed by atoms with Gasteiger partial charge in [-0.3, -0.25) is 9.67 Å². The molecule has 1 aliphatic rings. The number of fused-ring (bicyclic) bond motifs is 1. The van der Waals surface area contributed by atoms with Gasteiger partial charge in [-0.05, 0) is 32.0 Å². The van der Waals surface area contributed by atoms with Gasteiger partial charge in [0.15, 0.2) is 0 Å². The summed E-state index contributed by atoms with van der Waals surface area (Å²) in [7, 11) is 1.96. The summed E-state index contributed by atoms with van der Waals surface area (Å²) < 4.78 is 7.35. The molecule has 4 rings (SSSR count). The molecule has 0 saturated carbocycles. The van der Waals surface area contributed by atoms with Gasteiger partial charge >= 0.3 is 0 Å². The minimum Gasteiger partial charge on any atom is -0.378 e. The fourth-order valence-corrected chi connectivity index (χ4v) is 3.34. The Morgan fingerprint density at radius 2 is 1.88 bits per heavy atom. The lowest BCUT2D eigenvalue weighted by molar-refractivity contribution is 0.122. The van der Waals surface area contributed by atoms with Crippen LogP contribution in [-0.2, 0) is 11.8 Å². The first-order valence-electron chi connectivity index (χ1n) is 9.01. The van der Waals surface area contributed by atoms with E-state index in [9.17, 15) is 0 Å². The molecular weight excluding hydrogens is 328 g/mol. The molecule has 136 valence electrons. The summed E-state index contributed by atoms with van der Waals surface area (Å²) in [6, 6.07) is 6.43. The van der Waals surface area contributed by atoms with Gasteiger partial charge in [0.1, 0.15) is 11.5 Å². The molecular formula is C19H24N6O. The van der Waals surface area contributed by atoms with Crippen LogP contribution in [0, 0.1) is 0 Å². The third-order valence-electron chi connectivity index (χ3n) is 4.55. The summed E-state index contributed by atoms with van der Waals surface area (Å²) in [6.45, 7) is 7.52. The molecule has 1 fully saturated rings. The van der Waals surface area contributed by atoms with Crippen molar-refractivity contribution in [2.75, 3.05) is 36.5 Å². The summed E-state index contributed by atoms with van der Waals surface area (Å²) >= 11 is 0. The van der Waals surface area contributed by atoms with Crippen LogP contribution >= 0.6 is 0 Å². The van der Waals surface area contributed by atoms with E-state index in [-0.39, 0.29) is 6.04 Å². The van der Waals surface area contributed by atoms with E-state index in [2.05, 4.69) is 40.1 Å². The van der Waals surface area contributed by atoms with Gasteiger partial charge in [0, 0.05) is 44.3 Å². The zero-order chi connectivity index (χ0) is 18.1. The number of pyridine rings is 2. The van der Waals surface area contributed by atoms with Gasteiger partial charge in [-0.25, -0.2) is 4.98 Å². The number of morpholine rings is 1. The minimum atomic E-state index is 0.286. The van der Waals surface area contributed by atoms with Crippen LogP contribution in [0.3, 0.4) is 0 Å². The number of anilines is 2. The number of nitrogens with one attached hydrogen (secondary N) is 1. The van der Waals surface area contributed by atoms with Crippen molar-refractivity contribution in [3.8, 4) is 11.4 Å². The Balaban J connectivity index is 1.81. The third-order valence-corrected chi connectivity index (χ3v) is 4.55. The lowest BCUT2D eigenvalue weighted by atomic mass is 10.1. The van der Waals surface area contributed by atoms with Gasteiger partial charge in [0.25, 0.3) is 0 Å². The van der Waals surface area contributed by atoms with Crippen LogP contribution < -0.4 is 10.2 Å². The van der Waals surface area contributed by atoms with Crippen LogP contribution in [0.4, 0.5) is 11.5 Å². The Morgan fingerprint density at radius 3 is 2.65 bits per heavy atom. The van der Waals surface area contributed by atoms with Crippen molar-refractivity contribution < 1.29 is 4.74 Å². The molecule has 0 aliphatic carbocycles. The molecule has 26 heavy (non-hydrogen) atoms. The first-order chi connectivity index (χ1) is 12.6. The molecule has 3 aromatic heterocycles. The Morgan fingerprint density at radius 1 is 1.12 bits per heavy atom. The molecule has 0 spiro atoms. The van der Waals surface area contributed by atoms with Crippen LogP contribution in [0.25, 0.3) is 22.3 Å². The lowest BCUT2D eigenvalue weighted by Crippen LogP contribution is -2.36. The molecule has 1 saturated heterocycles. The van der Waals surface area contributed by atoms with Gasteiger partial charge in [0.2, 0.25) is 0 Å². The molecule has 0 aromatic carbocycles. The second-order valence-corrected chi connectivity index (χ2v) is 6.82. The number of hydrogen-bond donors (Lipinski definition) is 1. The molecule has 4 heterocycles. The second kappa shape index (κ2) is 6.92. The zero-order valence-corrected chi connectivity index (χ0v) is 15.4. The van der Waals surface area contributed by atoms with E-state index >= 15 is 0 Å². The van der Waals surface area contributed by atoms with Crippen LogP contribution in [0.15, 0.2) is 30.6 Å². The van der Waals surface area contributed by atoms with Gasteiger partial charge in [0.05, 0.1) is 29.8 Å². The van der Waals surface area contributed by atoms with E-state index in [1.165, 1.54) is 0 Å². The van der Waals surface area contributed by atoms with Crippen molar-refractivity contribution >= 4 is 22.4 Å².